The predicted molar refractivity (Wildman–Crippen MR) is 61.4 cm³/mol. The molecule has 16 heavy (non-hydrogen) atoms. The number of hydrogen-bond donors (Lipinski definition) is 0. The lowest BCUT2D eigenvalue weighted by molar-refractivity contribution is -0.386. The van der Waals surface area contributed by atoms with E-state index < -0.39 is 4.92 Å². The van der Waals surface area contributed by atoms with Crippen LogP contribution in [0.5, 0.6) is 5.75 Å². The third-order valence-electron chi connectivity index (χ3n) is 2.45. The Morgan fingerprint density at radius 2 is 2.12 bits per heavy atom. The van der Waals surface area contributed by atoms with Crippen molar-refractivity contribution >= 4 is 28.9 Å². The van der Waals surface area contributed by atoms with Gasteiger partial charge in [-0.2, -0.15) is 0 Å². The standard InChI is InChI=1S/C10H9Cl2NO3/c11-6-1-2-9(13(14)15)10(5-6)16-8-3-7(12)4-8/h1-2,5,7-8H,3-4H2. The predicted octanol–water partition coefficient (Wildman–Crippen LogP) is 3.40. The van der Waals surface area contributed by atoms with Gasteiger partial charge in [0.05, 0.1) is 4.92 Å². The fraction of sp³-hybridized carbons (Fsp3) is 0.400. The van der Waals surface area contributed by atoms with Crippen molar-refractivity contribution in [3.8, 4) is 5.75 Å². The van der Waals surface area contributed by atoms with Crippen LogP contribution in [0, 0.1) is 10.1 Å². The third kappa shape index (κ3) is 2.39. The van der Waals surface area contributed by atoms with E-state index in [1.165, 1.54) is 18.2 Å². The van der Waals surface area contributed by atoms with Gasteiger partial charge < -0.3 is 4.74 Å². The van der Waals surface area contributed by atoms with Crippen molar-refractivity contribution in [2.75, 3.05) is 0 Å². The molecule has 0 atom stereocenters. The monoisotopic (exact) mass is 261 g/mol. The summed E-state index contributed by atoms with van der Waals surface area (Å²) in [5.41, 5.74) is -0.0672. The van der Waals surface area contributed by atoms with Crippen molar-refractivity contribution in [3.05, 3.63) is 33.3 Å². The van der Waals surface area contributed by atoms with Crippen molar-refractivity contribution in [3.63, 3.8) is 0 Å². The summed E-state index contributed by atoms with van der Waals surface area (Å²) in [6, 6.07) is 4.27. The zero-order valence-corrected chi connectivity index (χ0v) is 9.74. The Balaban J connectivity index is 2.17. The lowest BCUT2D eigenvalue weighted by Crippen LogP contribution is -2.34. The maximum Gasteiger partial charge on any atom is 0.311 e. The molecule has 4 nitrogen and oxygen atoms in total. The van der Waals surface area contributed by atoms with E-state index in [2.05, 4.69) is 0 Å². The smallest absolute Gasteiger partial charge is 0.311 e. The first-order valence-electron chi connectivity index (χ1n) is 4.81. The third-order valence-corrected chi connectivity index (χ3v) is 3.04. The van der Waals surface area contributed by atoms with Gasteiger partial charge in [-0.3, -0.25) is 10.1 Å². The second kappa shape index (κ2) is 4.47. The number of alkyl halides is 1. The van der Waals surface area contributed by atoms with Gasteiger partial charge in [-0.05, 0) is 6.07 Å². The molecule has 0 heterocycles. The first-order valence-corrected chi connectivity index (χ1v) is 5.62. The summed E-state index contributed by atoms with van der Waals surface area (Å²) in [5.74, 6) is 0.214. The van der Waals surface area contributed by atoms with Gasteiger partial charge in [-0.25, -0.2) is 0 Å². The van der Waals surface area contributed by atoms with Crippen LogP contribution in [0.2, 0.25) is 5.02 Å². The summed E-state index contributed by atoms with van der Waals surface area (Å²) in [4.78, 5) is 10.3. The molecule has 0 amide bonds. The van der Waals surface area contributed by atoms with Gasteiger partial charge in [0.25, 0.3) is 0 Å². The van der Waals surface area contributed by atoms with Crippen molar-refractivity contribution in [1.29, 1.82) is 0 Å². The molecule has 86 valence electrons. The second-order valence-electron chi connectivity index (χ2n) is 3.68. The SMILES string of the molecule is O=[N+]([O-])c1ccc(Cl)cc1OC1CC(Cl)C1. The molecule has 1 saturated carbocycles. The number of hydrogen-bond acceptors (Lipinski definition) is 3. The number of nitro groups is 1. The summed E-state index contributed by atoms with van der Waals surface area (Å²) in [6.07, 6.45) is 1.39. The molecular weight excluding hydrogens is 253 g/mol. The maximum absolute atomic E-state index is 10.7. The molecule has 1 aromatic rings. The second-order valence-corrected chi connectivity index (χ2v) is 4.73. The van der Waals surface area contributed by atoms with Crippen LogP contribution >= 0.6 is 23.2 Å². The molecule has 1 fully saturated rings. The molecule has 0 bridgehead atoms. The lowest BCUT2D eigenvalue weighted by atomic mass is 9.95. The Bertz CT molecular complexity index is 419. The van der Waals surface area contributed by atoms with Gasteiger partial charge >= 0.3 is 5.69 Å². The molecule has 0 unspecified atom stereocenters. The van der Waals surface area contributed by atoms with Gasteiger partial charge in [0.1, 0.15) is 6.10 Å². The highest BCUT2D eigenvalue weighted by Crippen LogP contribution is 2.35. The van der Waals surface area contributed by atoms with Crippen LogP contribution in [0.3, 0.4) is 0 Å². The number of halogens is 2. The van der Waals surface area contributed by atoms with E-state index in [0.717, 1.165) is 0 Å². The number of benzene rings is 1. The van der Waals surface area contributed by atoms with Crippen LogP contribution in [0.1, 0.15) is 12.8 Å². The lowest BCUT2D eigenvalue weighted by Gasteiger charge is -2.30. The van der Waals surface area contributed by atoms with E-state index in [1.54, 1.807) is 0 Å². The van der Waals surface area contributed by atoms with Crippen molar-refractivity contribution < 1.29 is 9.66 Å². The van der Waals surface area contributed by atoms with E-state index in [9.17, 15) is 10.1 Å². The van der Waals surface area contributed by atoms with Crippen LogP contribution in [0.4, 0.5) is 5.69 Å². The average molecular weight is 262 g/mol. The number of rotatable bonds is 3. The van der Waals surface area contributed by atoms with Crippen LogP contribution in [0.25, 0.3) is 0 Å². The first kappa shape index (κ1) is 11.5. The summed E-state index contributed by atoms with van der Waals surface area (Å²) < 4.78 is 5.48. The summed E-state index contributed by atoms with van der Waals surface area (Å²) >= 11 is 11.6. The van der Waals surface area contributed by atoms with E-state index >= 15 is 0 Å². The molecule has 1 aliphatic carbocycles. The van der Waals surface area contributed by atoms with Crippen molar-refractivity contribution in [2.45, 2.75) is 24.3 Å². The Morgan fingerprint density at radius 3 is 2.69 bits per heavy atom. The molecule has 0 N–H and O–H groups in total. The average Bonchev–Trinajstić information content (AvgIpc) is 2.15. The summed E-state index contributed by atoms with van der Waals surface area (Å²) in [5, 5.41) is 11.3. The highest BCUT2D eigenvalue weighted by molar-refractivity contribution is 6.30. The zero-order valence-electron chi connectivity index (χ0n) is 8.23. The quantitative estimate of drug-likeness (QED) is 0.476. The summed E-state index contributed by atoms with van der Waals surface area (Å²) in [6.45, 7) is 0. The Morgan fingerprint density at radius 1 is 1.44 bits per heavy atom. The topological polar surface area (TPSA) is 52.4 Å². The van der Waals surface area contributed by atoms with E-state index in [1.807, 2.05) is 0 Å². The fourth-order valence-corrected chi connectivity index (χ4v) is 2.07. The van der Waals surface area contributed by atoms with Crippen LogP contribution in [-0.4, -0.2) is 16.4 Å². The van der Waals surface area contributed by atoms with Gasteiger partial charge in [0, 0.05) is 35.4 Å². The van der Waals surface area contributed by atoms with Gasteiger partial charge in [-0.1, -0.05) is 11.6 Å². The molecule has 0 radical (unpaired) electrons. The number of nitro benzene ring substituents is 1. The minimum Gasteiger partial charge on any atom is -0.483 e. The van der Waals surface area contributed by atoms with Gasteiger partial charge in [0.15, 0.2) is 5.75 Å². The number of nitrogens with zero attached hydrogens (tertiary/aromatic N) is 1. The minimum absolute atomic E-state index is 0.0420. The molecule has 1 aliphatic rings. The molecule has 0 aromatic heterocycles. The van der Waals surface area contributed by atoms with Crippen LogP contribution < -0.4 is 4.74 Å². The maximum atomic E-state index is 10.7. The highest BCUT2D eigenvalue weighted by Gasteiger charge is 2.31. The van der Waals surface area contributed by atoms with Gasteiger partial charge in [0.2, 0.25) is 0 Å². The first-order chi connectivity index (χ1) is 7.56. The molecule has 2 rings (SSSR count). The van der Waals surface area contributed by atoms with Gasteiger partial charge in [-0.15, -0.1) is 11.6 Å². The molecule has 1 aromatic carbocycles. The zero-order chi connectivity index (χ0) is 11.7. The number of ether oxygens (including phenoxy) is 1. The van der Waals surface area contributed by atoms with Crippen LogP contribution in [-0.2, 0) is 0 Å². The van der Waals surface area contributed by atoms with E-state index in [-0.39, 0.29) is 22.9 Å². The normalized spacial score (nSPS) is 23.6. The van der Waals surface area contributed by atoms with E-state index in [0.29, 0.717) is 17.9 Å². The van der Waals surface area contributed by atoms with Crippen molar-refractivity contribution in [2.24, 2.45) is 0 Å². The minimum atomic E-state index is -0.484. The molecule has 6 heteroatoms. The molecule has 0 aliphatic heterocycles. The molecular formula is C10H9Cl2NO3. The van der Waals surface area contributed by atoms with Crippen LogP contribution in [0.15, 0.2) is 18.2 Å². The molecule has 0 saturated heterocycles. The fourth-order valence-electron chi connectivity index (χ4n) is 1.51. The largest absolute Gasteiger partial charge is 0.483 e. The van der Waals surface area contributed by atoms with E-state index in [4.69, 9.17) is 27.9 Å². The summed E-state index contributed by atoms with van der Waals surface area (Å²) in [7, 11) is 0. The van der Waals surface area contributed by atoms with Crippen molar-refractivity contribution in [1.82, 2.24) is 0 Å². The highest BCUT2D eigenvalue weighted by atomic mass is 35.5. The molecule has 0 spiro atoms. The Labute approximate surface area is 102 Å². The Hall–Kier alpha value is -1.00. The Kier molecular flexibility index (Phi) is 3.21.